The third kappa shape index (κ3) is 2.84. The van der Waals surface area contributed by atoms with Crippen LogP contribution in [0.5, 0.6) is 0 Å². The molecule has 0 aromatic carbocycles. The lowest BCUT2D eigenvalue weighted by molar-refractivity contribution is -0.121. The monoisotopic (exact) mass is 220 g/mol. The summed E-state index contributed by atoms with van der Waals surface area (Å²) in [5.74, 6) is 0.914. The first-order valence-corrected chi connectivity index (χ1v) is 6.26. The highest BCUT2D eigenvalue weighted by molar-refractivity contribution is 5.94. The van der Waals surface area contributed by atoms with E-state index in [9.17, 15) is 4.79 Å². The van der Waals surface area contributed by atoms with E-state index in [4.69, 9.17) is 0 Å². The lowest BCUT2D eigenvalue weighted by Crippen LogP contribution is -2.37. The molecule has 1 rings (SSSR count). The van der Waals surface area contributed by atoms with Gasteiger partial charge in [-0.2, -0.15) is 0 Å². The third-order valence-electron chi connectivity index (χ3n) is 3.48. The Kier molecular flexibility index (Phi) is 4.12. The standard InChI is InChI=1S/C15H24O/c1-6-7-8-13(16)14-12(3)9-11(2)10-15(14,4)5/h7-8,11,14H,3,6,9-10H2,1-2,4-5H3/b8-7+/t11-,14+/m1/s1. The summed E-state index contributed by atoms with van der Waals surface area (Å²) in [5.41, 5.74) is 1.18. The van der Waals surface area contributed by atoms with Gasteiger partial charge in [0.1, 0.15) is 0 Å². The number of ketones is 1. The minimum absolute atomic E-state index is 0.0199. The Balaban J connectivity index is 2.88. The van der Waals surface area contributed by atoms with Crippen molar-refractivity contribution < 1.29 is 4.79 Å². The van der Waals surface area contributed by atoms with Crippen molar-refractivity contribution in [3.8, 4) is 0 Å². The predicted octanol–water partition coefficient (Wildman–Crippen LogP) is 4.15. The molecule has 0 N–H and O–H groups in total. The normalized spacial score (nSPS) is 29.6. The smallest absolute Gasteiger partial charge is 0.162 e. The molecule has 0 saturated heterocycles. The quantitative estimate of drug-likeness (QED) is 0.516. The van der Waals surface area contributed by atoms with E-state index < -0.39 is 0 Å². The summed E-state index contributed by atoms with van der Waals surface area (Å²) in [6.07, 6.45) is 6.72. The van der Waals surface area contributed by atoms with Gasteiger partial charge in [0.15, 0.2) is 5.78 Å². The zero-order valence-corrected chi connectivity index (χ0v) is 11.0. The van der Waals surface area contributed by atoms with Gasteiger partial charge in [-0.1, -0.05) is 45.9 Å². The summed E-state index contributed by atoms with van der Waals surface area (Å²) in [6, 6.07) is 0. The number of rotatable bonds is 3. The van der Waals surface area contributed by atoms with Crippen molar-refractivity contribution in [3.05, 3.63) is 24.3 Å². The van der Waals surface area contributed by atoms with Crippen LogP contribution in [0.15, 0.2) is 24.3 Å². The average Bonchev–Trinajstić information content (AvgIpc) is 2.11. The molecule has 90 valence electrons. The van der Waals surface area contributed by atoms with Crippen LogP contribution in [0.25, 0.3) is 0 Å². The Morgan fingerprint density at radius 2 is 2.19 bits per heavy atom. The number of allylic oxidation sites excluding steroid dienone is 3. The number of carbonyl (C=O) groups excluding carboxylic acids is 1. The molecule has 0 heterocycles. The lowest BCUT2D eigenvalue weighted by Gasteiger charge is -2.41. The Labute approximate surface area is 99.6 Å². The molecule has 1 heteroatoms. The maximum absolute atomic E-state index is 12.1. The summed E-state index contributed by atoms with van der Waals surface area (Å²) in [5, 5.41) is 0. The first kappa shape index (κ1) is 13.2. The van der Waals surface area contributed by atoms with Gasteiger partial charge in [-0.15, -0.1) is 0 Å². The largest absolute Gasteiger partial charge is 0.294 e. The summed E-state index contributed by atoms with van der Waals surface area (Å²) in [6.45, 7) is 12.8. The highest BCUT2D eigenvalue weighted by atomic mass is 16.1. The van der Waals surface area contributed by atoms with Gasteiger partial charge < -0.3 is 0 Å². The Bertz CT molecular complexity index is 309. The lowest BCUT2D eigenvalue weighted by atomic mass is 9.62. The fourth-order valence-electron chi connectivity index (χ4n) is 3.12. The summed E-state index contributed by atoms with van der Waals surface area (Å²) in [7, 11) is 0. The van der Waals surface area contributed by atoms with Crippen LogP contribution in [0.4, 0.5) is 0 Å². The van der Waals surface area contributed by atoms with E-state index in [2.05, 4.69) is 27.4 Å². The van der Waals surface area contributed by atoms with Gasteiger partial charge in [-0.3, -0.25) is 4.79 Å². The molecule has 0 bridgehead atoms. The maximum Gasteiger partial charge on any atom is 0.162 e. The molecule has 0 amide bonds. The summed E-state index contributed by atoms with van der Waals surface area (Å²) in [4.78, 5) is 12.1. The highest BCUT2D eigenvalue weighted by Gasteiger charge is 2.40. The maximum atomic E-state index is 12.1. The van der Waals surface area contributed by atoms with Crippen LogP contribution >= 0.6 is 0 Å². The van der Waals surface area contributed by atoms with Gasteiger partial charge in [0.2, 0.25) is 0 Å². The van der Waals surface area contributed by atoms with Gasteiger partial charge in [-0.25, -0.2) is 0 Å². The second-order valence-electron chi connectivity index (χ2n) is 5.81. The minimum Gasteiger partial charge on any atom is -0.294 e. The van der Waals surface area contributed by atoms with Crippen LogP contribution < -0.4 is 0 Å². The van der Waals surface area contributed by atoms with Crippen LogP contribution in [-0.2, 0) is 4.79 Å². The fourth-order valence-corrected chi connectivity index (χ4v) is 3.12. The summed E-state index contributed by atoms with van der Waals surface area (Å²) < 4.78 is 0. The molecule has 16 heavy (non-hydrogen) atoms. The van der Waals surface area contributed by atoms with Crippen LogP contribution in [0.2, 0.25) is 0 Å². The molecule has 1 fully saturated rings. The molecule has 0 aromatic heterocycles. The molecular weight excluding hydrogens is 196 g/mol. The molecule has 1 aliphatic rings. The molecule has 0 unspecified atom stereocenters. The zero-order valence-electron chi connectivity index (χ0n) is 11.0. The molecule has 0 radical (unpaired) electrons. The highest BCUT2D eigenvalue weighted by Crippen LogP contribution is 2.46. The van der Waals surface area contributed by atoms with E-state index in [0.29, 0.717) is 5.92 Å². The zero-order chi connectivity index (χ0) is 12.3. The molecule has 1 aliphatic carbocycles. The van der Waals surface area contributed by atoms with E-state index in [1.54, 1.807) is 6.08 Å². The van der Waals surface area contributed by atoms with E-state index in [1.165, 1.54) is 0 Å². The molecule has 2 atom stereocenters. The van der Waals surface area contributed by atoms with Crippen molar-refractivity contribution >= 4 is 5.78 Å². The van der Waals surface area contributed by atoms with Gasteiger partial charge in [0.25, 0.3) is 0 Å². The second kappa shape index (κ2) is 4.99. The minimum atomic E-state index is 0.0199. The Hall–Kier alpha value is -0.850. The SMILES string of the molecule is C=C1C[C@@H](C)CC(C)(C)[C@@H]1C(=O)/C=C/CC. The van der Waals surface area contributed by atoms with E-state index in [0.717, 1.165) is 24.8 Å². The average molecular weight is 220 g/mol. The molecule has 0 spiro atoms. The molecule has 0 aromatic rings. The van der Waals surface area contributed by atoms with Gasteiger partial charge in [0, 0.05) is 5.92 Å². The topological polar surface area (TPSA) is 17.1 Å². The van der Waals surface area contributed by atoms with Crippen LogP contribution in [-0.4, -0.2) is 5.78 Å². The number of hydrogen-bond acceptors (Lipinski definition) is 1. The van der Waals surface area contributed by atoms with E-state index in [1.807, 2.05) is 13.0 Å². The van der Waals surface area contributed by atoms with E-state index in [-0.39, 0.29) is 17.1 Å². The second-order valence-corrected chi connectivity index (χ2v) is 5.81. The molecule has 0 aliphatic heterocycles. The number of hydrogen-bond donors (Lipinski definition) is 0. The van der Waals surface area contributed by atoms with Gasteiger partial charge in [0.05, 0.1) is 0 Å². The Morgan fingerprint density at radius 3 is 2.69 bits per heavy atom. The van der Waals surface area contributed by atoms with Crippen molar-refractivity contribution in [2.75, 3.05) is 0 Å². The molecular formula is C15H24O. The van der Waals surface area contributed by atoms with Crippen molar-refractivity contribution in [1.29, 1.82) is 0 Å². The first-order valence-electron chi connectivity index (χ1n) is 6.26. The predicted molar refractivity (Wildman–Crippen MR) is 69.2 cm³/mol. The van der Waals surface area contributed by atoms with Crippen LogP contribution in [0.3, 0.4) is 0 Å². The fraction of sp³-hybridized carbons (Fsp3) is 0.667. The van der Waals surface area contributed by atoms with Crippen molar-refractivity contribution in [3.63, 3.8) is 0 Å². The molecule has 1 saturated carbocycles. The Morgan fingerprint density at radius 1 is 1.56 bits per heavy atom. The van der Waals surface area contributed by atoms with Crippen LogP contribution in [0.1, 0.15) is 47.0 Å². The number of carbonyl (C=O) groups is 1. The third-order valence-corrected chi connectivity index (χ3v) is 3.48. The van der Waals surface area contributed by atoms with E-state index >= 15 is 0 Å². The van der Waals surface area contributed by atoms with Crippen molar-refractivity contribution in [1.82, 2.24) is 0 Å². The van der Waals surface area contributed by atoms with Gasteiger partial charge >= 0.3 is 0 Å². The molecule has 1 nitrogen and oxygen atoms in total. The first-order chi connectivity index (χ1) is 7.38. The summed E-state index contributed by atoms with van der Waals surface area (Å²) >= 11 is 0. The van der Waals surface area contributed by atoms with Crippen molar-refractivity contribution in [2.24, 2.45) is 17.3 Å². The van der Waals surface area contributed by atoms with Crippen molar-refractivity contribution in [2.45, 2.75) is 47.0 Å². The van der Waals surface area contributed by atoms with Crippen LogP contribution in [0, 0.1) is 17.3 Å². The van der Waals surface area contributed by atoms with Gasteiger partial charge in [-0.05, 0) is 36.7 Å².